The van der Waals surface area contributed by atoms with Crippen LogP contribution < -0.4 is 5.84 Å². The summed E-state index contributed by atoms with van der Waals surface area (Å²) in [5.74, 6) is 4.67. The van der Waals surface area contributed by atoms with Gasteiger partial charge in [0.15, 0.2) is 4.87 Å². The van der Waals surface area contributed by atoms with Crippen LogP contribution in [0.15, 0.2) is 36.4 Å². The minimum atomic E-state index is -0.393. The smallest absolute Gasteiger partial charge is 0.206 e. The van der Waals surface area contributed by atoms with Crippen molar-refractivity contribution < 1.29 is 9.26 Å². The number of halogens is 2. The summed E-state index contributed by atoms with van der Waals surface area (Å²) in [5.41, 5.74) is 0.885. The summed E-state index contributed by atoms with van der Waals surface area (Å²) in [7, 11) is 0. The zero-order valence-corrected chi connectivity index (χ0v) is 9.41. The van der Waals surface area contributed by atoms with E-state index in [-0.39, 0.29) is 15.6 Å². The molecule has 2 aromatic rings. The Balaban J connectivity index is 2.60. The van der Waals surface area contributed by atoms with Crippen molar-refractivity contribution in [2.75, 3.05) is 0 Å². The molecular weight excluding hydrogens is 243 g/mol. The number of nitrogens with two attached hydrogens (primary N) is 1. The average molecular weight is 251 g/mol. The van der Waals surface area contributed by atoms with Gasteiger partial charge in [-0.05, 0) is 17.7 Å². The predicted molar refractivity (Wildman–Crippen MR) is 63.2 cm³/mol. The van der Waals surface area contributed by atoms with Crippen LogP contribution in [0.4, 0.5) is 10.1 Å². The van der Waals surface area contributed by atoms with Gasteiger partial charge in [-0.1, -0.05) is 29.8 Å². The van der Waals surface area contributed by atoms with E-state index in [0.29, 0.717) is 11.1 Å². The van der Waals surface area contributed by atoms with Crippen LogP contribution in [0.25, 0.3) is 11.1 Å². The molecule has 3 nitrogen and oxygen atoms in total. The summed E-state index contributed by atoms with van der Waals surface area (Å²) in [6, 6.07) is 11.7. The zero-order valence-electron chi connectivity index (χ0n) is 8.65. The standard InChI is InChI=1S/C12H8ClFN2O/c13-9-5-8(6-10(7-9)16(15)17)11-3-1-2-4-12(11)14/h1-6H,(H2,15,17)/q+1. The maximum atomic E-state index is 13.6. The van der Waals surface area contributed by atoms with E-state index >= 15 is 0 Å². The van der Waals surface area contributed by atoms with E-state index in [1.165, 1.54) is 18.2 Å². The fraction of sp³-hybridized carbons (Fsp3) is 0. The van der Waals surface area contributed by atoms with Gasteiger partial charge >= 0.3 is 5.69 Å². The minimum absolute atomic E-state index is 0.0516. The first-order chi connectivity index (χ1) is 8.08. The van der Waals surface area contributed by atoms with Gasteiger partial charge in [0.2, 0.25) is 0 Å². The fourth-order valence-corrected chi connectivity index (χ4v) is 1.70. The second kappa shape index (κ2) is 4.51. The molecule has 17 heavy (non-hydrogen) atoms. The molecule has 85 valence electrons. The summed E-state index contributed by atoms with van der Waals surface area (Å²) in [6.07, 6.45) is 0. The lowest BCUT2D eigenvalue weighted by Gasteiger charge is -2.03. The van der Waals surface area contributed by atoms with Crippen LogP contribution in [0.3, 0.4) is 0 Å². The normalized spacial score (nSPS) is 10.2. The molecular formula is C12H8ClFN2O+. The molecule has 0 bridgehead atoms. The lowest BCUT2D eigenvalue weighted by molar-refractivity contribution is -0.475. The lowest BCUT2D eigenvalue weighted by Crippen LogP contribution is -2.09. The Hall–Kier alpha value is -1.94. The Morgan fingerprint density at radius 2 is 2.00 bits per heavy atom. The van der Waals surface area contributed by atoms with Crippen molar-refractivity contribution in [3.05, 3.63) is 58.2 Å². The van der Waals surface area contributed by atoms with E-state index in [1.807, 2.05) is 0 Å². The lowest BCUT2D eigenvalue weighted by atomic mass is 10.0. The molecule has 0 aliphatic heterocycles. The van der Waals surface area contributed by atoms with Crippen LogP contribution in [-0.4, -0.2) is 4.87 Å². The van der Waals surface area contributed by atoms with Gasteiger partial charge < -0.3 is 0 Å². The summed E-state index contributed by atoms with van der Waals surface area (Å²) >= 11 is 5.80. The van der Waals surface area contributed by atoms with Gasteiger partial charge in [-0.3, -0.25) is 0 Å². The number of nitrogens with zero attached hydrogens (tertiary/aromatic N) is 1. The molecule has 0 heterocycles. The van der Waals surface area contributed by atoms with E-state index in [0.717, 1.165) is 0 Å². The summed E-state index contributed by atoms with van der Waals surface area (Å²) in [4.78, 5) is 11.1. The fourth-order valence-electron chi connectivity index (χ4n) is 1.49. The molecule has 0 unspecified atom stereocenters. The van der Waals surface area contributed by atoms with Crippen molar-refractivity contribution >= 4 is 17.3 Å². The van der Waals surface area contributed by atoms with Gasteiger partial charge in [0.05, 0.1) is 16.0 Å². The Morgan fingerprint density at radius 3 is 2.65 bits per heavy atom. The van der Waals surface area contributed by atoms with E-state index in [4.69, 9.17) is 17.4 Å². The van der Waals surface area contributed by atoms with Crippen molar-refractivity contribution in [2.45, 2.75) is 0 Å². The number of hydrazine groups is 1. The third-order valence-corrected chi connectivity index (χ3v) is 2.45. The quantitative estimate of drug-likeness (QED) is 0.505. The number of nitroso groups, excluding NO2 is 1. The first kappa shape index (κ1) is 11.5. The molecule has 0 aromatic heterocycles. The Labute approximate surface area is 102 Å². The van der Waals surface area contributed by atoms with E-state index in [1.54, 1.807) is 18.2 Å². The Morgan fingerprint density at radius 1 is 1.29 bits per heavy atom. The molecule has 0 aliphatic carbocycles. The van der Waals surface area contributed by atoms with Gasteiger partial charge in [0.25, 0.3) is 0 Å². The molecule has 2 rings (SSSR count). The van der Waals surface area contributed by atoms with Gasteiger partial charge in [-0.2, -0.15) is 5.84 Å². The predicted octanol–water partition coefficient (Wildman–Crippen LogP) is 3.23. The third kappa shape index (κ3) is 2.42. The summed E-state index contributed by atoms with van der Waals surface area (Å²) < 4.78 is 13.6. The number of hydrogen-bond donors (Lipinski definition) is 1. The maximum Gasteiger partial charge on any atom is 0.301 e. The van der Waals surface area contributed by atoms with Crippen molar-refractivity contribution in [3.63, 3.8) is 0 Å². The SMILES string of the molecule is N[N+](=O)c1[c]c(Cl)cc(-c2ccccc2F)c1. The van der Waals surface area contributed by atoms with Crippen LogP contribution in [0.2, 0.25) is 5.02 Å². The zero-order chi connectivity index (χ0) is 12.4. The highest BCUT2D eigenvalue weighted by Crippen LogP contribution is 2.28. The first-order valence-corrected chi connectivity index (χ1v) is 5.15. The van der Waals surface area contributed by atoms with Gasteiger partial charge in [-0.15, -0.1) is 0 Å². The molecule has 0 saturated carbocycles. The van der Waals surface area contributed by atoms with Crippen LogP contribution in [0, 0.1) is 16.8 Å². The highest BCUT2D eigenvalue weighted by molar-refractivity contribution is 6.30. The third-order valence-electron chi connectivity index (χ3n) is 2.24. The average Bonchev–Trinajstić information content (AvgIpc) is 2.28. The number of benzene rings is 2. The second-order valence-electron chi connectivity index (χ2n) is 3.41. The van der Waals surface area contributed by atoms with Crippen molar-refractivity contribution in [1.29, 1.82) is 0 Å². The monoisotopic (exact) mass is 250 g/mol. The second-order valence-corrected chi connectivity index (χ2v) is 3.82. The van der Waals surface area contributed by atoms with Crippen LogP contribution in [-0.2, 0) is 0 Å². The van der Waals surface area contributed by atoms with Crippen LogP contribution in [0.1, 0.15) is 0 Å². The Bertz CT molecular complexity index is 586. The highest BCUT2D eigenvalue weighted by atomic mass is 35.5. The van der Waals surface area contributed by atoms with E-state index in [9.17, 15) is 9.30 Å². The molecule has 2 N–H and O–H groups in total. The molecule has 0 amide bonds. The van der Waals surface area contributed by atoms with Gasteiger partial charge in [-0.25, -0.2) is 4.39 Å². The highest BCUT2D eigenvalue weighted by Gasteiger charge is 2.14. The molecule has 0 saturated heterocycles. The molecule has 5 heteroatoms. The van der Waals surface area contributed by atoms with Crippen LogP contribution in [0.5, 0.6) is 0 Å². The van der Waals surface area contributed by atoms with Crippen molar-refractivity contribution in [3.8, 4) is 11.1 Å². The van der Waals surface area contributed by atoms with E-state index < -0.39 is 5.82 Å². The Kier molecular flexibility index (Phi) is 3.06. The minimum Gasteiger partial charge on any atom is -0.206 e. The maximum absolute atomic E-state index is 13.6. The van der Waals surface area contributed by atoms with Crippen molar-refractivity contribution in [1.82, 2.24) is 0 Å². The molecule has 0 atom stereocenters. The topological polar surface area (TPSA) is 46.1 Å². The first-order valence-electron chi connectivity index (χ1n) is 4.77. The van der Waals surface area contributed by atoms with Crippen LogP contribution >= 0.6 is 11.6 Å². The van der Waals surface area contributed by atoms with Gasteiger partial charge in [0, 0.05) is 11.6 Å². The molecule has 0 aliphatic rings. The largest absolute Gasteiger partial charge is 0.301 e. The summed E-state index contributed by atoms with van der Waals surface area (Å²) in [5, 5.41) is 0.201. The number of hydrogen-bond acceptors (Lipinski definition) is 1. The van der Waals surface area contributed by atoms with E-state index in [2.05, 4.69) is 6.07 Å². The molecule has 0 spiro atoms. The number of rotatable bonds is 2. The molecule has 2 aromatic carbocycles. The molecule has 0 fully saturated rings. The van der Waals surface area contributed by atoms with Gasteiger partial charge in [0.1, 0.15) is 5.82 Å². The molecule has 1 radical (unpaired) electrons. The summed E-state index contributed by atoms with van der Waals surface area (Å²) in [6.45, 7) is 0. The van der Waals surface area contributed by atoms with Crippen molar-refractivity contribution in [2.24, 2.45) is 5.84 Å².